The predicted molar refractivity (Wildman–Crippen MR) is 48.7 cm³/mol. The zero-order valence-corrected chi connectivity index (χ0v) is 7.98. The maximum atomic E-state index is 13.1. The molecule has 1 rings (SSSR count). The molecule has 0 aliphatic carbocycles. The van der Waals surface area contributed by atoms with Gasteiger partial charge in [-0.3, -0.25) is 0 Å². The Morgan fingerprint density at radius 2 is 2.08 bits per heavy atom. The molecular formula is C9H4BrF2N. The van der Waals surface area contributed by atoms with Crippen LogP contribution in [0.4, 0.5) is 8.78 Å². The first kappa shape index (κ1) is 9.87. The van der Waals surface area contributed by atoms with Gasteiger partial charge in [-0.1, -0.05) is 0 Å². The van der Waals surface area contributed by atoms with Crippen molar-refractivity contribution < 1.29 is 8.78 Å². The van der Waals surface area contributed by atoms with E-state index in [2.05, 4.69) is 15.9 Å². The van der Waals surface area contributed by atoms with Crippen molar-refractivity contribution in [2.45, 2.75) is 0 Å². The van der Waals surface area contributed by atoms with Crippen molar-refractivity contribution in [1.82, 2.24) is 0 Å². The lowest BCUT2D eigenvalue weighted by Crippen LogP contribution is -1.89. The van der Waals surface area contributed by atoms with E-state index >= 15 is 0 Å². The van der Waals surface area contributed by atoms with E-state index < -0.39 is 11.6 Å². The van der Waals surface area contributed by atoms with Crippen LogP contribution >= 0.6 is 15.9 Å². The van der Waals surface area contributed by atoms with Crippen LogP contribution in [0.5, 0.6) is 0 Å². The van der Waals surface area contributed by atoms with Gasteiger partial charge in [0.2, 0.25) is 0 Å². The number of benzene rings is 1. The molecule has 0 saturated carbocycles. The quantitative estimate of drug-likeness (QED) is 0.549. The maximum Gasteiger partial charge on any atom is 0.147 e. The van der Waals surface area contributed by atoms with Crippen LogP contribution < -0.4 is 0 Å². The fraction of sp³-hybridized carbons (Fsp3) is 0. The second-order valence-electron chi connectivity index (χ2n) is 2.22. The third-order valence-electron chi connectivity index (χ3n) is 1.40. The zero-order valence-electron chi connectivity index (χ0n) is 6.39. The lowest BCUT2D eigenvalue weighted by atomic mass is 10.2. The summed E-state index contributed by atoms with van der Waals surface area (Å²) in [6, 6.07) is 4.06. The van der Waals surface area contributed by atoms with Crippen LogP contribution in [0.1, 0.15) is 5.56 Å². The van der Waals surface area contributed by atoms with Gasteiger partial charge in [0, 0.05) is 11.6 Å². The Kier molecular flexibility index (Phi) is 3.15. The molecule has 0 atom stereocenters. The molecule has 66 valence electrons. The number of hydrogen-bond acceptors (Lipinski definition) is 1. The Labute approximate surface area is 82.4 Å². The molecule has 0 aromatic heterocycles. The largest absolute Gasteiger partial charge is 0.206 e. The van der Waals surface area contributed by atoms with E-state index in [1.807, 2.05) is 0 Å². The third-order valence-corrected chi connectivity index (χ3v) is 2.02. The van der Waals surface area contributed by atoms with Gasteiger partial charge in [-0.25, -0.2) is 8.78 Å². The molecule has 0 amide bonds. The van der Waals surface area contributed by atoms with Gasteiger partial charge in [-0.2, -0.15) is 5.26 Å². The van der Waals surface area contributed by atoms with E-state index in [-0.39, 0.29) is 10.0 Å². The number of allylic oxidation sites excluding steroid dienone is 1. The monoisotopic (exact) mass is 243 g/mol. The Morgan fingerprint density at radius 3 is 2.69 bits per heavy atom. The SMILES string of the molecule is N#CC=Cc1c(F)ccc(Br)c1F. The molecule has 1 aromatic rings. The summed E-state index contributed by atoms with van der Waals surface area (Å²) < 4.78 is 26.2. The molecule has 1 aromatic carbocycles. The van der Waals surface area contributed by atoms with Gasteiger partial charge < -0.3 is 0 Å². The molecule has 0 saturated heterocycles. The molecule has 0 heterocycles. The second-order valence-corrected chi connectivity index (χ2v) is 3.07. The highest BCUT2D eigenvalue weighted by atomic mass is 79.9. The summed E-state index contributed by atoms with van der Waals surface area (Å²) >= 11 is 2.91. The van der Waals surface area contributed by atoms with Gasteiger partial charge in [0.15, 0.2) is 0 Å². The molecule has 0 spiro atoms. The Hall–Kier alpha value is -1.21. The smallest absolute Gasteiger partial charge is 0.147 e. The average molecular weight is 244 g/mol. The van der Waals surface area contributed by atoms with E-state index in [0.29, 0.717) is 0 Å². The van der Waals surface area contributed by atoms with Crippen LogP contribution in [0, 0.1) is 23.0 Å². The molecule has 0 radical (unpaired) electrons. The van der Waals surface area contributed by atoms with Crippen molar-refractivity contribution in [2.24, 2.45) is 0 Å². The summed E-state index contributed by atoms with van der Waals surface area (Å²) in [5, 5.41) is 8.19. The van der Waals surface area contributed by atoms with Crippen molar-refractivity contribution in [3.05, 3.63) is 39.9 Å². The molecule has 0 N–H and O–H groups in total. The minimum atomic E-state index is -0.702. The van der Waals surface area contributed by atoms with Crippen LogP contribution in [0.3, 0.4) is 0 Å². The Morgan fingerprint density at radius 1 is 1.38 bits per heavy atom. The van der Waals surface area contributed by atoms with Gasteiger partial charge in [-0.15, -0.1) is 0 Å². The van der Waals surface area contributed by atoms with Crippen molar-refractivity contribution in [3.8, 4) is 6.07 Å². The second kappa shape index (κ2) is 4.15. The van der Waals surface area contributed by atoms with Crippen molar-refractivity contribution in [2.75, 3.05) is 0 Å². The molecule has 1 nitrogen and oxygen atoms in total. The van der Waals surface area contributed by atoms with Crippen molar-refractivity contribution in [3.63, 3.8) is 0 Å². The third kappa shape index (κ3) is 2.13. The van der Waals surface area contributed by atoms with Crippen molar-refractivity contribution >= 4 is 22.0 Å². The summed E-state index contributed by atoms with van der Waals surface area (Å²) in [6.07, 6.45) is 2.11. The lowest BCUT2D eigenvalue weighted by molar-refractivity contribution is 0.574. The van der Waals surface area contributed by atoms with Crippen LogP contribution in [-0.2, 0) is 0 Å². The first-order valence-corrected chi connectivity index (χ1v) is 4.15. The number of nitriles is 1. The van der Waals surface area contributed by atoms with Gasteiger partial charge in [0.05, 0.1) is 10.5 Å². The van der Waals surface area contributed by atoms with Gasteiger partial charge in [-0.05, 0) is 34.1 Å². The van der Waals surface area contributed by atoms with E-state index in [4.69, 9.17) is 5.26 Å². The molecule has 0 aliphatic heterocycles. The molecule has 0 aliphatic rings. The highest BCUT2D eigenvalue weighted by Crippen LogP contribution is 2.22. The van der Waals surface area contributed by atoms with Gasteiger partial charge in [0.1, 0.15) is 11.6 Å². The molecule has 0 bridgehead atoms. The number of rotatable bonds is 1. The van der Waals surface area contributed by atoms with E-state index in [1.165, 1.54) is 6.07 Å². The molecule has 4 heteroatoms. The van der Waals surface area contributed by atoms with Crippen LogP contribution in [0.25, 0.3) is 6.08 Å². The summed E-state index contributed by atoms with van der Waals surface area (Å²) in [7, 11) is 0. The fourth-order valence-electron chi connectivity index (χ4n) is 0.816. The number of halogens is 3. The van der Waals surface area contributed by atoms with Gasteiger partial charge >= 0.3 is 0 Å². The molecule has 0 unspecified atom stereocenters. The highest BCUT2D eigenvalue weighted by Gasteiger charge is 2.08. The summed E-state index contributed by atoms with van der Waals surface area (Å²) in [5.41, 5.74) is -0.212. The van der Waals surface area contributed by atoms with Crippen LogP contribution in [-0.4, -0.2) is 0 Å². The fourth-order valence-corrected chi connectivity index (χ4v) is 1.16. The standard InChI is InChI=1S/C9H4BrF2N/c10-7-3-4-8(11)6(9(7)12)2-1-5-13/h1-4H. The van der Waals surface area contributed by atoms with E-state index in [1.54, 1.807) is 6.07 Å². The Balaban J connectivity index is 3.27. The first-order valence-electron chi connectivity index (χ1n) is 3.36. The Bertz CT molecular complexity index is 393. The number of hydrogen-bond donors (Lipinski definition) is 0. The van der Waals surface area contributed by atoms with Crippen LogP contribution in [0.15, 0.2) is 22.7 Å². The summed E-state index contributed by atoms with van der Waals surface area (Å²) in [4.78, 5) is 0. The van der Waals surface area contributed by atoms with Crippen LogP contribution in [0.2, 0.25) is 0 Å². The summed E-state index contributed by atoms with van der Waals surface area (Å²) in [5.74, 6) is -1.39. The van der Waals surface area contributed by atoms with E-state index in [9.17, 15) is 8.78 Å². The molecule has 13 heavy (non-hydrogen) atoms. The van der Waals surface area contributed by atoms with Gasteiger partial charge in [0.25, 0.3) is 0 Å². The zero-order chi connectivity index (χ0) is 9.84. The molecule has 0 fully saturated rings. The van der Waals surface area contributed by atoms with E-state index in [0.717, 1.165) is 18.2 Å². The minimum absolute atomic E-state index is 0.173. The average Bonchev–Trinajstić information content (AvgIpc) is 2.12. The number of nitrogens with zero attached hydrogens (tertiary/aromatic N) is 1. The van der Waals surface area contributed by atoms with Crippen molar-refractivity contribution in [1.29, 1.82) is 5.26 Å². The maximum absolute atomic E-state index is 13.1. The predicted octanol–water partition coefficient (Wildman–Crippen LogP) is 3.26. The topological polar surface area (TPSA) is 23.8 Å². The highest BCUT2D eigenvalue weighted by molar-refractivity contribution is 9.10. The summed E-state index contributed by atoms with van der Waals surface area (Å²) in [6.45, 7) is 0. The lowest BCUT2D eigenvalue weighted by Gasteiger charge is -1.99. The normalized spacial score (nSPS) is 10.3. The minimum Gasteiger partial charge on any atom is -0.206 e. The first-order chi connectivity index (χ1) is 6.16. The molecular weight excluding hydrogens is 240 g/mol.